The summed E-state index contributed by atoms with van der Waals surface area (Å²) in [5.74, 6) is 0.906. The van der Waals surface area contributed by atoms with E-state index < -0.39 is 0 Å². The number of methoxy groups -OCH3 is 1. The number of hydrogen-bond donors (Lipinski definition) is 0. The number of benzene rings is 2. The maximum atomic E-state index is 6.18. The van der Waals surface area contributed by atoms with Crippen LogP contribution in [0.3, 0.4) is 0 Å². The van der Waals surface area contributed by atoms with Crippen molar-refractivity contribution in [2.24, 2.45) is 0 Å². The predicted molar refractivity (Wildman–Crippen MR) is 80.0 cm³/mol. The van der Waals surface area contributed by atoms with Gasteiger partial charge < -0.3 is 9.47 Å². The molecule has 1 aliphatic heterocycles. The Kier molecular flexibility index (Phi) is 4.03. The van der Waals surface area contributed by atoms with Crippen molar-refractivity contribution in [1.82, 2.24) is 0 Å². The zero-order valence-corrected chi connectivity index (χ0v) is 11.8. The second-order valence-electron chi connectivity index (χ2n) is 5.29. The van der Waals surface area contributed by atoms with Crippen molar-refractivity contribution in [1.29, 1.82) is 0 Å². The van der Waals surface area contributed by atoms with E-state index >= 15 is 0 Å². The largest absolute Gasteiger partial charge is 0.497 e. The van der Waals surface area contributed by atoms with Crippen molar-refractivity contribution in [2.45, 2.75) is 31.5 Å². The zero-order chi connectivity index (χ0) is 13.8. The Morgan fingerprint density at radius 2 is 1.75 bits per heavy atom. The van der Waals surface area contributed by atoms with Crippen molar-refractivity contribution < 1.29 is 9.47 Å². The van der Waals surface area contributed by atoms with Gasteiger partial charge in [-0.2, -0.15) is 0 Å². The molecule has 2 nitrogen and oxygen atoms in total. The third kappa shape index (κ3) is 3.02. The minimum Gasteiger partial charge on any atom is -0.497 e. The minimum absolute atomic E-state index is 0.263. The van der Waals surface area contributed by atoms with Crippen LogP contribution in [0.1, 0.15) is 30.1 Å². The maximum absolute atomic E-state index is 6.18. The lowest BCUT2D eigenvalue weighted by Gasteiger charge is -2.14. The van der Waals surface area contributed by atoms with E-state index in [2.05, 4.69) is 36.4 Å². The first-order chi connectivity index (χ1) is 9.85. The molecule has 3 rings (SSSR count). The lowest BCUT2D eigenvalue weighted by molar-refractivity contribution is 0.0451. The Morgan fingerprint density at radius 3 is 2.45 bits per heavy atom. The van der Waals surface area contributed by atoms with Gasteiger partial charge in [0.25, 0.3) is 0 Å². The number of rotatable bonds is 4. The van der Waals surface area contributed by atoms with Gasteiger partial charge in [-0.3, -0.25) is 0 Å². The van der Waals surface area contributed by atoms with Crippen LogP contribution in [0, 0.1) is 0 Å². The molecule has 1 aliphatic rings. The molecule has 2 aromatic carbocycles. The lowest BCUT2D eigenvalue weighted by atomic mass is 10.0. The normalized spacial score (nSPS) is 21.9. The summed E-state index contributed by atoms with van der Waals surface area (Å²) < 4.78 is 11.4. The fourth-order valence-electron chi connectivity index (χ4n) is 2.79. The van der Waals surface area contributed by atoms with E-state index in [0.29, 0.717) is 6.10 Å². The Balaban J connectivity index is 1.60. The average molecular weight is 268 g/mol. The molecule has 104 valence electrons. The molecule has 0 aliphatic carbocycles. The van der Waals surface area contributed by atoms with Gasteiger partial charge in [-0.05, 0) is 42.5 Å². The molecule has 2 atom stereocenters. The average Bonchev–Trinajstić information content (AvgIpc) is 2.97. The number of ether oxygens (including phenoxy) is 2. The smallest absolute Gasteiger partial charge is 0.118 e. The van der Waals surface area contributed by atoms with E-state index in [0.717, 1.165) is 25.0 Å². The second kappa shape index (κ2) is 6.10. The van der Waals surface area contributed by atoms with Crippen molar-refractivity contribution in [3.8, 4) is 5.75 Å². The quantitative estimate of drug-likeness (QED) is 0.829. The van der Waals surface area contributed by atoms with Crippen LogP contribution >= 0.6 is 0 Å². The lowest BCUT2D eigenvalue weighted by Crippen LogP contribution is -2.10. The molecule has 20 heavy (non-hydrogen) atoms. The molecule has 0 unspecified atom stereocenters. The Bertz CT molecular complexity index is 533. The van der Waals surface area contributed by atoms with Crippen molar-refractivity contribution >= 4 is 0 Å². The van der Waals surface area contributed by atoms with Gasteiger partial charge in [0.15, 0.2) is 0 Å². The van der Waals surface area contributed by atoms with Crippen LogP contribution in [0.4, 0.5) is 0 Å². The monoisotopic (exact) mass is 268 g/mol. The topological polar surface area (TPSA) is 18.5 Å². The summed E-state index contributed by atoms with van der Waals surface area (Å²) in [6.45, 7) is 0. The zero-order valence-electron chi connectivity index (χ0n) is 11.8. The van der Waals surface area contributed by atoms with Gasteiger partial charge in [-0.1, -0.05) is 42.5 Å². The van der Waals surface area contributed by atoms with Crippen LogP contribution in [0.25, 0.3) is 0 Å². The summed E-state index contributed by atoms with van der Waals surface area (Å²) in [5.41, 5.74) is 2.61. The fraction of sp³-hybridized carbons (Fsp3) is 0.333. The van der Waals surface area contributed by atoms with Gasteiger partial charge in [0.1, 0.15) is 5.75 Å². The van der Waals surface area contributed by atoms with E-state index in [-0.39, 0.29) is 6.10 Å². The van der Waals surface area contributed by atoms with Crippen LogP contribution in [0.2, 0.25) is 0 Å². The first-order valence-electron chi connectivity index (χ1n) is 7.18. The molecular formula is C18H20O2. The molecule has 0 bridgehead atoms. The van der Waals surface area contributed by atoms with E-state index in [1.54, 1.807) is 7.11 Å². The molecule has 0 N–H and O–H groups in total. The second-order valence-corrected chi connectivity index (χ2v) is 5.29. The molecule has 1 saturated heterocycles. The Labute approximate surface area is 120 Å². The van der Waals surface area contributed by atoms with Crippen molar-refractivity contribution in [2.75, 3.05) is 7.11 Å². The summed E-state index contributed by atoms with van der Waals surface area (Å²) in [6, 6.07) is 18.8. The van der Waals surface area contributed by atoms with E-state index in [1.165, 1.54) is 11.1 Å². The van der Waals surface area contributed by atoms with Crippen LogP contribution in [-0.4, -0.2) is 13.2 Å². The van der Waals surface area contributed by atoms with Gasteiger partial charge in [-0.15, -0.1) is 0 Å². The highest BCUT2D eigenvalue weighted by atomic mass is 16.5. The molecule has 0 amide bonds. The fourth-order valence-corrected chi connectivity index (χ4v) is 2.79. The third-order valence-electron chi connectivity index (χ3n) is 3.90. The molecule has 0 aromatic heterocycles. The highest BCUT2D eigenvalue weighted by Gasteiger charge is 2.26. The van der Waals surface area contributed by atoms with Gasteiger partial charge >= 0.3 is 0 Å². The summed E-state index contributed by atoms with van der Waals surface area (Å²) in [5, 5.41) is 0. The van der Waals surface area contributed by atoms with Crippen molar-refractivity contribution in [3.63, 3.8) is 0 Å². The third-order valence-corrected chi connectivity index (χ3v) is 3.90. The van der Waals surface area contributed by atoms with Crippen LogP contribution in [0.15, 0.2) is 54.6 Å². The minimum atomic E-state index is 0.263. The summed E-state index contributed by atoms with van der Waals surface area (Å²) in [7, 11) is 1.69. The summed E-state index contributed by atoms with van der Waals surface area (Å²) in [6.07, 6.45) is 3.82. The molecule has 1 heterocycles. The van der Waals surface area contributed by atoms with Gasteiger partial charge in [0.05, 0.1) is 19.3 Å². The molecule has 0 radical (unpaired) electrons. The molecule has 0 spiro atoms. The Hall–Kier alpha value is -1.80. The molecular weight excluding hydrogens is 248 g/mol. The van der Waals surface area contributed by atoms with Gasteiger partial charge in [-0.25, -0.2) is 0 Å². The Morgan fingerprint density at radius 1 is 1.00 bits per heavy atom. The first kappa shape index (κ1) is 13.2. The number of hydrogen-bond acceptors (Lipinski definition) is 2. The predicted octanol–water partition coefficient (Wildman–Crippen LogP) is 4.16. The maximum Gasteiger partial charge on any atom is 0.118 e. The van der Waals surface area contributed by atoms with Crippen LogP contribution in [0.5, 0.6) is 5.75 Å². The molecule has 2 heteroatoms. The summed E-state index contributed by atoms with van der Waals surface area (Å²) in [4.78, 5) is 0. The van der Waals surface area contributed by atoms with Crippen LogP contribution < -0.4 is 4.74 Å². The highest BCUT2D eigenvalue weighted by molar-refractivity contribution is 5.27. The van der Waals surface area contributed by atoms with E-state index in [9.17, 15) is 0 Å². The molecule has 2 aromatic rings. The van der Waals surface area contributed by atoms with Gasteiger partial charge in [0, 0.05) is 0 Å². The summed E-state index contributed by atoms with van der Waals surface area (Å²) >= 11 is 0. The highest BCUT2D eigenvalue weighted by Crippen LogP contribution is 2.34. The van der Waals surface area contributed by atoms with Gasteiger partial charge in [0.2, 0.25) is 0 Å². The van der Waals surface area contributed by atoms with E-state index in [4.69, 9.17) is 9.47 Å². The first-order valence-corrected chi connectivity index (χ1v) is 7.18. The van der Waals surface area contributed by atoms with Crippen molar-refractivity contribution in [3.05, 3.63) is 65.7 Å². The van der Waals surface area contributed by atoms with E-state index in [1.807, 2.05) is 18.2 Å². The molecule has 1 fully saturated rings. The standard InChI is InChI=1S/C18H20O2/c1-19-16-9-7-14(8-10-16)13-17-11-12-18(20-17)15-5-3-2-4-6-15/h2-10,17-18H,11-13H2,1H3/t17-,18-/m1/s1. The van der Waals surface area contributed by atoms with Crippen LogP contribution in [-0.2, 0) is 11.2 Å². The molecule has 0 saturated carbocycles. The SMILES string of the molecule is COc1ccc(C[C@H]2CC[C@H](c3ccccc3)O2)cc1.